The maximum atomic E-state index is 5.67. The average Bonchev–Trinajstić information content (AvgIpc) is 2.75. The summed E-state index contributed by atoms with van der Waals surface area (Å²) in [6, 6.07) is 0. The molecule has 0 aromatic carbocycles. The Morgan fingerprint density at radius 1 is 1.17 bits per heavy atom. The Labute approximate surface area is 83.2 Å². The summed E-state index contributed by atoms with van der Waals surface area (Å²) in [6.45, 7) is 0.887. The number of hydrogen-bond donors (Lipinski definition) is 1. The van der Waals surface area contributed by atoms with Crippen molar-refractivity contribution in [1.82, 2.24) is 0 Å². The SMILES string of the molecule is NCC1CCC(C2CCCS2)S1. The summed E-state index contributed by atoms with van der Waals surface area (Å²) in [5, 5.41) is 2.67. The normalized spacial score (nSPS) is 42.2. The van der Waals surface area contributed by atoms with Gasteiger partial charge in [-0.15, -0.1) is 0 Å². The highest BCUT2D eigenvalue weighted by Gasteiger charge is 2.32. The highest BCUT2D eigenvalue weighted by atomic mass is 32.2. The van der Waals surface area contributed by atoms with Crippen molar-refractivity contribution in [3.63, 3.8) is 0 Å². The first-order valence-corrected chi connectivity index (χ1v) is 6.86. The third-order valence-electron chi connectivity index (χ3n) is 2.78. The zero-order valence-corrected chi connectivity index (χ0v) is 9.00. The molecule has 0 spiro atoms. The zero-order chi connectivity index (χ0) is 8.39. The van der Waals surface area contributed by atoms with Crippen LogP contribution in [-0.4, -0.2) is 28.0 Å². The van der Waals surface area contributed by atoms with Gasteiger partial charge in [-0.05, 0) is 31.4 Å². The third-order valence-corrected chi connectivity index (χ3v) is 6.20. The first-order valence-electron chi connectivity index (χ1n) is 4.87. The van der Waals surface area contributed by atoms with Crippen molar-refractivity contribution in [2.24, 2.45) is 5.73 Å². The highest BCUT2D eigenvalue weighted by molar-refractivity contribution is 8.04. The monoisotopic (exact) mass is 203 g/mol. The molecule has 3 heteroatoms. The van der Waals surface area contributed by atoms with E-state index in [0.717, 1.165) is 22.3 Å². The van der Waals surface area contributed by atoms with E-state index >= 15 is 0 Å². The Morgan fingerprint density at radius 3 is 2.67 bits per heavy atom. The quantitative estimate of drug-likeness (QED) is 0.744. The van der Waals surface area contributed by atoms with E-state index in [-0.39, 0.29) is 0 Å². The second-order valence-corrected chi connectivity index (χ2v) is 6.55. The zero-order valence-electron chi connectivity index (χ0n) is 7.37. The predicted molar refractivity (Wildman–Crippen MR) is 58.9 cm³/mol. The van der Waals surface area contributed by atoms with Crippen LogP contribution in [0.15, 0.2) is 0 Å². The predicted octanol–water partition coefficient (Wildman–Crippen LogP) is 2.10. The van der Waals surface area contributed by atoms with Gasteiger partial charge in [-0.1, -0.05) is 0 Å². The molecule has 2 aliphatic rings. The van der Waals surface area contributed by atoms with E-state index in [1.807, 2.05) is 0 Å². The van der Waals surface area contributed by atoms with Crippen molar-refractivity contribution in [2.75, 3.05) is 12.3 Å². The van der Waals surface area contributed by atoms with Gasteiger partial charge < -0.3 is 5.73 Å². The number of nitrogens with two attached hydrogens (primary N) is 1. The molecule has 1 nitrogen and oxygen atoms in total. The molecule has 2 heterocycles. The fraction of sp³-hybridized carbons (Fsp3) is 1.00. The maximum absolute atomic E-state index is 5.67. The van der Waals surface area contributed by atoms with Crippen LogP contribution in [0.25, 0.3) is 0 Å². The molecule has 0 aliphatic carbocycles. The summed E-state index contributed by atoms with van der Waals surface area (Å²) in [4.78, 5) is 0. The summed E-state index contributed by atoms with van der Waals surface area (Å²) >= 11 is 4.35. The Balaban J connectivity index is 1.81. The van der Waals surface area contributed by atoms with Gasteiger partial charge in [0.25, 0.3) is 0 Å². The largest absolute Gasteiger partial charge is 0.329 e. The van der Waals surface area contributed by atoms with Gasteiger partial charge in [0.2, 0.25) is 0 Å². The van der Waals surface area contributed by atoms with Crippen molar-refractivity contribution in [1.29, 1.82) is 0 Å². The first kappa shape index (κ1) is 9.22. The van der Waals surface area contributed by atoms with Gasteiger partial charge in [0, 0.05) is 22.3 Å². The Hall–Kier alpha value is 0.660. The van der Waals surface area contributed by atoms with Gasteiger partial charge in [-0.25, -0.2) is 0 Å². The second kappa shape index (κ2) is 4.25. The van der Waals surface area contributed by atoms with Crippen LogP contribution in [0, 0.1) is 0 Å². The molecule has 0 aromatic rings. The van der Waals surface area contributed by atoms with Crippen LogP contribution in [0.3, 0.4) is 0 Å². The number of hydrogen-bond acceptors (Lipinski definition) is 3. The lowest BCUT2D eigenvalue weighted by atomic mass is 10.1. The minimum Gasteiger partial charge on any atom is -0.329 e. The fourth-order valence-electron chi connectivity index (χ4n) is 2.08. The van der Waals surface area contributed by atoms with Gasteiger partial charge in [-0.3, -0.25) is 0 Å². The van der Waals surface area contributed by atoms with Crippen LogP contribution in [0.2, 0.25) is 0 Å². The lowest BCUT2D eigenvalue weighted by molar-refractivity contribution is 0.677. The van der Waals surface area contributed by atoms with Crippen LogP contribution in [0.1, 0.15) is 25.7 Å². The van der Waals surface area contributed by atoms with E-state index in [1.54, 1.807) is 0 Å². The van der Waals surface area contributed by atoms with E-state index in [1.165, 1.54) is 31.4 Å². The topological polar surface area (TPSA) is 26.0 Å². The standard InChI is InChI=1S/C9H17NS2/c10-6-7-3-4-9(12-7)8-2-1-5-11-8/h7-9H,1-6,10H2. The van der Waals surface area contributed by atoms with Gasteiger partial charge in [0.05, 0.1) is 0 Å². The molecule has 3 unspecified atom stereocenters. The minimum absolute atomic E-state index is 0.774. The molecule has 2 N–H and O–H groups in total. The molecular formula is C9H17NS2. The average molecular weight is 203 g/mol. The molecule has 70 valence electrons. The molecule has 0 bridgehead atoms. The molecule has 0 amide bonds. The van der Waals surface area contributed by atoms with Crippen molar-refractivity contribution < 1.29 is 0 Å². The maximum Gasteiger partial charge on any atom is 0.0173 e. The van der Waals surface area contributed by atoms with Crippen molar-refractivity contribution in [3.05, 3.63) is 0 Å². The molecule has 2 aliphatic heterocycles. The first-order chi connectivity index (χ1) is 5.90. The molecule has 3 atom stereocenters. The summed E-state index contributed by atoms with van der Waals surface area (Å²) in [5.74, 6) is 1.40. The molecule has 2 saturated heterocycles. The van der Waals surface area contributed by atoms with E-state index in [2.05, 4.69) is 23.5 Å². The Bertz CT molecular complexity index is 145. The van der Waals surface area contributed by atoms with Gasteiger partial charge in [0.15, 0.2) is 0 Å². The highest BCUT2D eigenvalue weighted by Crippen LogP contribution is 2.43. The second-order valence-electron chi connectivity index (χ2n) is 3.66. The van der Waals surface area contributed by atoms with E-state index in [0.29, 0.717) is 0 Å². The van der Waals surface area contributed by atoms with Crippen LogP contribution >= 0.6 is 23.5 Å². The molecule has 2 fully saturated rings. The summed E-state index contributed by atoms with van der Waals surface area (Å²) < 4.78 is 0. The van der Waals surface area contributed by atoms with Gasteiger partial charge in [-0.2, -0.15) is 23.5 Å². The number of thioether (sulfide) groups is 2. The molecule has 0 saturated carbocycles. The Kier molecular flexibility index (Phi) is 3.27. The van der Waals surface area contributed by atoms with Crippen molar-refractivity contribution >= 4 is 23.5 Å². The molecule has 2 rings (SSSR count). The summed E-state index contributed by atoms with van der Waals surface area (Å²) in [5.41, 5.74) is 5.67. The van der Waals surface area contributed by atoms with Crippen LogP contribution in [-0.2, 0) is 0 Å². The molecular weight excluding hydrogens is 186 g/mol. The van der Waals surface area contributed by atoms with Crippen LogP contribution in [0.5, 0.6) is 0 Å². The fourth-order valence-corrected chi connectivity index (χ4v) is 5.29. The summed E-state index contributed by atoms with van der Waals surface area (Å²) in [7, 11) is 0. The van der Waals surface area contributed by atoms with E-state index in [4.69, 9.17) is 5.73 Å². The van der Waals surface area contributed by atoms with Crippen LogP contribution in [0.4, 0.5) is 0 Å². The van der Waals surface area contributed by atoms with Gasteiger partial charge in [0.1, 0.15) is 0 Å². The lowest BCUT2D eigenvalue weighted by Gasteiger charge is -2.16. The van der Waals surface area contributed by atoms with E-state index < -0.39 is 0 Å². The number of rotatable bonds is 2. The van der Waals surface area contributed by atoms with E-state index in [9.17, 15) is 0 Å². The Morgan fingerprint density at radius 2 is 2.08 bits per heavy atom. The third kappa shape index (κ3) is 1.94. The molecule has 12 heavy (non-hydrogen) atoms. The van der Waals surface area contributed by atoms with Crippen molar-refractivity contribution in [3.8, 4) is 0 Å². The summed E-state index contributed by atoms with van der Waals surface area (Å²) in [6.07, 6.45) is 5.69. The smallest absolute Gasteiger partial charge is 0.0173 e. The van der Waals surface area contributed by atoms with Crippen molar-refractivity contribution in [2.45, 2.75) is 41.4 Å². The minimum atomic E-state index is 0.774. The molecule has 0 radical (unpaired) electrons. The van der Waals surface area contributed by atoms with Gasteiger partial charge >= 0.3 is 0 Å². The molecule has 0 aromatic heterocycles. The lowest BCUT2D eigenvalue weighted by Crippen LogP contribution is -2.16. The van der Waals surface area contributed by atoms with Crippen LogP contribution < -0.4 is 5.73 Å².